The van der Waals surface area contributed by atoms with Crippen molar-refractivity contribution in [2.45, 2.75) is 26.3 Å². The maximum atomic E-state index is 12.2. The largest absolute Gasteiger partial charge is 0.465 e. The molecule has 1 amide bonds. The van der Waals surface area contributed by atoms with E-state index in [1.807, 2.05) is 13.0 Å². The minimum absolute atomic E-state index is 0.271. The van der Waals surface area contributed by atoms with Crippen LogP contribution in [0.4, 0.5) is 5.82 Å². The molecule has 3 heterocycles. The van der Waals surface area contributed by atoms with Gasteiger partial charge in [0, 0.05) is 6.54 Å². The Morgan fingerprint density at radius 1 is 1.48 bits per heavy atom. The van der Waals surface area contributed by atoms with Crippen molar-refractivity contribution in [2.24, 2.45) is 0 Å². The first-order valence-electron chi connectivity index (χ1n) is 7.15. The first-order valence-corrected chi connectivity index (χ1v) is 9.82. The first kappa shape index (κ1) is 16.0. The number of hydrogen-bond acceptors (Lipinski definition) is 6. The number of anilines is 1. The molecule has 0 fully saturated rings. The van der Waals surface area contributed by atoms with Crippen molar-refractivity contribution >= 4 is 33.1 Å². The Morgan fingerprint density at radius 2 is 2.26 bits per heavy atom. The summed E-state index contributed by atoms with van der Waals surface area (Å²) in [5.41, 5.74) is 0. The molecule has 2 aromatic rings. The predicted molar refractivity (Wildman–Crippen MR) is 87.2 cm³/mol. The molecule has 0 saturated carbocycles. The highest BCUT2D eigenvalue weighted by molar-refractivity contribution is 7.92. The molecule has 7 nitrogen and oxygen atoms in total. The van der Waals surface area contributed by atoms with E-state index < -0.39 is 10.0 Å². The van der Waals surface area contributed by atoms with Crippen molar-refractivity contribution in [3.63, 3.8) is 0 Å². The molecule has 0 unspecified atom stereocenters. The van der Waals surface area contributed by atoms with Crippen LogP contribution in [0.25, 0.3) is 0 Å². The quantitative estimate of drug-likeness (QED) is 0.901. The molecule has 9 heteroatoms. The molecule has 0 atom stereocenters. The van der Waals surface area contributed by atoms with Gasteiger partial charge in [-0.3, -0.25) is 9.10 Å². The number of fused-ring (bicyclic) bond motifs is 1. The lowest BCUT2D eigenvalue weighted by Gasteiger charge is -2.24. The predicted octanol–water partition coefficient (Wildman–Crippen LogP) is 1.69. The standard InChI is InChI=1S/C14H17N3O4S2/c1-9-5-6-10(21-9)8-15-13(18)14-16-12-11(22-14)4-3-7-17(12)23(2,19)20/h5-6H,3-4,7-8H2,1-2H3,(H,15,18). The highest BCUT2D eigenvalue weighted by atomic mass is 32.2. The second-order valence-corrected chi connectivity index (χ2v) is 8.39. The van der Waals surface area contributed by atoms with Crippen LogP contribution >= 0.6 is 11.3 Å². The van der Waals surface area contributed by atoms with Gasteiger partial charge in [0.05, 0.1) is 17.7 Å². The fraction of sp³-hybridized carbons (Fsp3) is 0.429. The molecule has 3 rings (SSSR count). The Balaban J connectivity index is 1.76. The summed E-state index contributed by atoms with van der Waals surface area (Å²) in [5.74, 6) is 1.51. The van der Waals surface area contributed by atoms with Crippen molar-refractivity contribution in [2.75, 3.05) is 17.1 Å². The Labute approximate surface area is 138 Å². The number of carbonyl (C=O) groups excluding carboxylic acids is 1. The van der Waals surface area contributed by atoms with Gasteiger partial charge in [0.1, 0.15) is 11.5 Å². The first-order chi connectivity index (χ1) is 10.8. The molecular weight excluding hydrogens is 338 g/mol. The molecule has 0 aliphatic carbocycles. The molecule has 0 spiro atoms. The van der Waals surface area contributed by atoms with Crippen molar-refractivity contribution < 1.29 is 17.6 Å². The fourth-order valence-electron chi connectivity index (χ4n) is 2.43. The zero-order chi connectivity index (χ0) is 16.6. The summed E-state index contributed by atoms with van der Waals surface area (Å²) in [6.07, 6.45) is 2.62. The highest BCUT2D eigenvalue weighted by Crippen LogP contribution is 2.33. The number of rotatable bonds is 4. The number of thiazole rings is 1. The number of hydrogen-bond donors (Lipinski definition) is 1. The van der Waals surface area contributed by atoms with Crippen molar-refractivity contribution in [1.82, 2.24) is 10.3 Å². The minimum Gasteiger partial charge on any atom is -0.465 e. The highest BCUT2D eigenvalue weighted by Gasteiger charge is 2.29. The Bertz CT molecular complexity index is 838. The number of aromatic nitrogens is 1. The van der Waals surface area contributed by atoms with Gasteiger partial charge in [-0.05, 0) is 31.9 Å². The van der Waals surface area contributed by atoms with E-state index in [1.165, 1.54) is 15.6 Å². The number of nitrogens with one attached hydrogen (secondary N) is 1. The summed E-state index contributed by atoms with van der Waals surface area (Å²) >= 11 is 1.24. The topological polar surface area (TPSA) is 92.5 Å². The van der Waals surface area contributed by atoms with Crippen LogP contribution in [0, 0.1) is 6.92 Å². The van der Waals surface area contributed by atoms with E-state index in [-0.39, 0.29) is 17.5 Å². The smallest absolute Gasteiger partial charge is 0.280 e. The van der Waals surface area contributed by atoms with E-state index in [1.54, 1.807) is 6.07 Å². The summed E-state index contributed by atoms with van der Waals surface area (Å²) in [6, 6.07) is 3.63. The van der Waals surface area contributed by atoms with Gasteiger partial charge in [0.25, 0.3) is 5.91 Å². The summed E-state index contributed by atoms with van der Waals surface area (Å²) in [5, 5.41) is 3.01. The molecule has 0 bridgehead atoms. The molecular formula is C14H17N3O4S2. The third-order valence-electron chi connectivity index (χ3n) is 3.49. The summed E-state index contributed by atoms with van der Waals surface area (Å²) in [4.78, 5) is 17.3. The average molecular weight is 355 g/mol. The van der Waals surface area contributed by atoms with Gasteiger partial charge in [-0.15, -0.1) is 11.3 Å². The van der Waals surface area contributed by atoms with Crippen LogP contribution in [0.3, 0.4) is 0 Å². The molecule has 124 valence electrons. The maximum Gasteiger partial charge on any atom is 0.280 e. The van der Waals surface area contributed by atoms with Gasteiger partial charge >= 0.3 is 0 Å². The molecule has 0 saturated heterocycles. The van der Waals surface area contributed by atoms with E-state index >= 15 is 0 Å². The fourth-order valence-corrected chi connectivity index (χ4v) is 4.44. The second kappa shape index (κ2) is 5.97. The van der Waals surface area contributed by atoms with Gasteiger partial charge in [-0.2, -0.15) is 0 Å². The summed E-state index contributed by atoms with van der Waals surface area (Å²) in [7, 11) is -3.37. The SMILES string of the molecule is Cc1ccc(CNC(=O)c2nc3c(s2)CCCN3S(C)(=O)=O)o1. The third kappa shape index (κ3) is 3.40. The normalized spacial score (nSPS) is 14.6. The number of nitrogens with zero attached hydrogens (tertiary/aromatic N) is 2. The lowest BCUT2D eigenvalue weighted by molar-refractivity contribution is 0.0947. The van der Waals surface area contributed by atoms with Gasteiger partial charge in [0.15, 0.2) is 10.8 Å². The lowest BCUT2D eigenvalue weighted by Crippen LogP contribution is -2.34. The molecule has 2 aromatic heterocycles. The lowest BCUT2D eigenvalue weighted by atomic mass is 10.2. The van der Waals surface area contributed by atoms with Crippen LogP contribution in [0.5, 0.6) is 0 Å². The van der Waals surface area contributed by atoms with Crippen LogP contribution in [0.1, 0.15) is 32.6 Å². The number of aryl methyl sites for hydroxylation is 2. The molecule has 0 aromatic carbocycles. The van der Waals surface area contributed by atoms with Crippen LogP contribution in [-0.2, 0) is 23.0 Å². The van der Waals surface area contributed by atoms with Gasteiger partial charge in [-0.25, -0.2) is 13.4 Å². The van der Waals surface area contributed by atoms with Crippen LogP contribution < -0.4 is 9.62 Å². The van der Waals surface area contributed by atoms with Gasteiger partial charge in [0.2, 0.25) is 10.0 Å². The van der Waals surface area contributed by atoms with E-state index in [2.05, 4.69) is 10.3 Å². The van der Waals surface area contributed by atoms with Crippen LogP contribution in [0.2, 0.25) is 0 Å². The van der Waals surface area contributed by atoms with Gasteiger partial charge < -0.3 is 9.73 Å². The minimum atomic E-state index is -3.37. The number of furan rings is 1. The summed E-state index contributed by atoms with van der Waals surface area (Å²) in [6.45, 7) is 2.51. The monoisotopic (exact) mass is 355 g/mol. The Morgan fingerprint density at radius 3 is 2.91 bits per heavy atom. The molecule has 1 aliphatic rings. The van der Waals surface area contributed by atoms with E-state index in [0.29, 0.717) is 18.1 Å². The third-order valence-corrected chi connectivity index (χ3v) is 5.75. The van der Waals surface area contributed by atoms with E-state index in [9.17, 15) is 13.2 Å². The van der Waals surface area contributed by atoms with Crippen molar-refractivity contribution in [1.29, 1.82) is 0 Å². The number of sulfonamides is 1. The molecule has 1 aliphatic heterocycles. The van der Waals surface area contributed by atoms with Crippen LogP contribution in [-0.4, -0.2) is 32.1 Å². The zero-order valence-electron chi connectivity index (χ0n) is 12.8. The molecule has 1 N–H and O–H groups in total. The van der Waals surface area contributed by atoms with E-state index in [0.717, 1.165) is 29.7 Å². The Kier molecular flexibility index (Phi) is 4.15. The van der Waals surface area contributed by atoms with E-state index in [4.69, 9.17) is 4.42 Å². The van der Waals surface area contributed by atoms with Crippen molar-refractivity contribution in [3.8, 4) is 0 Å². The molecule has 0 radical (unpaired) electrons. The molecule has 23 heavy (non-hydrogen) atoms. The van der Waals surface area contributed by atoms with Crippen LogP contribution in [0.15, 0.2) is 16.5 Å². The number of carbonyl (C=O) groups is 1. The average Bonchev–Trinajstić information content (AvgIpc) is 3.09. The maximum absolute atomic E-state index is 12.2. The zero-order valence-corrected chi connectivity index (χ0v) is 14.5. The van der Waals surface area contributed by atoms with Gasteiger partial charge in [-0.1, -0.05) is 0 Å². The number of amides is 1. The Hall–Kier alpha value is -1.87. The van der Waals surface area contributed by atoms with Crippen molar-refractivity contribution in [3.05, 3.63) is 33.5 Å². The summed E-state index contributed by atoms with van der Waals surface area (Å²) < 4.78 is 30.3. The second-order valence-electron chi connectivity index (χ2n) is 5.40.